The first-order valence-corrected chi connectivity index (χ1v) is 7.98. The number of guanidine groups is 1. The lowest BCUT2D eigenvalue weighted by molar-refractivity contribution is 0.136. The van der Waals surface area contributed by atoms with Crippen LogP contribution in [-0.4, -0.2) is 36.8 Å². The van der Waals surface area contributed by atoms with Gasteiger partial charge >= 0.3 is 0 Å². The van der Waals surface area contributed by atoms with Gasteiger partial charge in [0.15, 0.2) is 5.96 Å². The van der Waals surface area contributed by atoms with Crippen molar-refractivity contribution >= 4 is 5.96 Å². The summed E-state index contributed by atoms with van der Waals surface area (Å²) in [5.41, 5.74) is 0. The second kappa shape index (κ2) is 10.1. The van der Waals surface area contributed by atoms with Gasteiger partial charge < -0.3 is 15.7 Å². The van der Waals surface area contributed by atoms with Gasteiger partial charge in [0.25, 0.3) is 0 Å². The van der Waals surface area contributed by atoms with Crippen LogP contribution in [0.15, 0.2) is 4.99 Å². The highest BCUT2D eigenvalue weighted by atomic mass is 16.3. The zero-order valence-electron chi connectivity index (χ0n) is 12.6. The summed E-state index contributed by atoms with van der Waals surface area (Å²) in [6, 6.07) is 0. The molecule has 0 radical (unpaired) electrons. The van der Waals surface area contributed by atoms with E-state index in [2.05, 4.69) is 29.5 Å². The van der Waals surface area contributed by atoms with Crippen molar-refractivity contribution in [2.45, 2.75) is 64.9 Å². The van der Waals surface area contributed by atoms with E-state index in [0.29, 0.717) is 5.92 Å². The van der Waals surface area contributed by atoms with E-state index < -0.39 is 0 Å². The summed E-state index contributed by atoms with van der Waals surface area (Å²) in [6.07, 6.45) is 8.12. The molecule has 4 nitrogen and oxygen atoms in total. The summed E-state index contributed by atoms with van der Waals surface area (Å²) in [4.78, 5) is 4.60. The number of hydrogen-bond donors (Lipinski definition) is 3. The number of hydrogen-bond acceptors (Lipinski definition) is 2. The van der Waals surface area contributed by atoms with Crippen LogP contribution < -0.4 is 10.6 Å². The lowest BCUT2D eigenvalue weighted by atomic mass is 10.1. The van der Waals surface area contributed by atoms with Gasteiger partial charge in [-0.15, -0.1) is 0 Å². The Morgan fingerprint density at radius 1 is 1.16 bits per heavy atom. The maximum Gasteiger partial charge on any atom is 0.191 e. The molecule has 3 N–H and O–H groups in total. The molecule has 0 aromatic rings. The van der Waals surface area contributed by atoms with Crippen LogP contribution in [0, 0.1) is 5.92 Å². The molecule has 0 aromatic heterocycles. The molecule has 1 rings (SSSR count). The third-order valence-corrected chi connectivity index (χ3v) is 3.77. The predicted molar refractivity (Wildman–Crippen MR) is 81.5 cm³/mol. The van der Waals surface area contributed by atoms with Crippen LogP contribution in [-0.2, 0) is 0 Å². The molecular formula is C15H31N3O. The molecule has 0 bridgehead atoms. The van der Waals surface area contributed by atoms with Crippen molar-refractivity contribution < 1.29 is 5.11 Å². The molecule has 2 unspecified atom stereocenters. The van der Waals surface area contributed by atoms with E-state index in [1.165, 1.54) is 25.7 Å². The van der Waals surface area contributed by atoms with E-state index in [1.807, 2.05) is 0 Å². The Bertz CT molecular complexity index is 256. The molecule has 0 aromatic carbocycles. The molecule has 0 aliphatic heterocycles. The number of aliphatic imine (C=N–C) groups is 1. The van der Waals surface area contributed by atoms with E-state index in [-0.39, 0.29) is 6.10 Å². The maximum atomic E-state index is 9.79. The number of nitrogens with one attached hydrogen (secondary N) is 2. The van der Waals surface area contributed by atoms with Crippen LogP contribution in [0.4, 0.5) is 0 Å². The number of rotatable bonds is 8. The van der Waals surface area contributed by atoms with E-state index >= 15 is 0 Å². The summed E-state index contributed by atoms with van der Waals surface area (Å²) >= 11 is 0. The van der Waals surface area contributed by atoms with Gasteiger partial charge in [0.2, 0.25) is 0 Å². The molecule has 0 saturated heterocycles. The first-order valence-electron chi connectivity index (χ1n) is 7.98. The molecule has 0 spiro atoms. The Balaban J connectivity index is 2.25. The summed E-state index contributed by atoms with van der Waals surface area (Å²) in [5.74, 6) is 1.26. The first-order chi connectivity index (χ1) is 9.27. The van der Waals surface area contributed by atoms with Crippen molar-refractivity contribution in [2.75, 3.05) is 19.6 Å². The topological polar surface area (TPSA) is 56.7 Å². The highest BCUT2D eigenvalue weighted by Crippen LogP contribution is 2.25. The van der Waals surface area contributed by atoms with Gasteiger partial charge in [-0.2, -0.15) is 0 Å². The number of aliphatic hydroxyl groups excluding tert-OH is 1. The second-order valence-electron chi connectivity index (χ2n) is 5.47. The minimum atomic E-state index is -0.142. The quantitative estimate of drug-likeness (QED) is 0.360. The third kappa shape index (κ3) is 6.81. The second-order valence-corrected chi connectivity index (χ2v) is 5.47. The SMILES string of the molecule is CCCCCCNC(=NCC1CCCC1O)NCC. The van der Waals surface area contributed by atoms with Gasteiger partial charge in [0, 0.05) is 25.6 Å². The summed E-state index contributed by atoms with van der Waals surface area (Å²) in [7, 11) is 0. The highest BCUT2D eigenvalue weighted by molar-refractivity contribution is 5.79. The molecule has 112 valence electrons. The molecule has 1 fully saturated rings. The van der Waals surface area contributed by atoms with E-state index in [0.717, 1.165) is 44.9 Å². The largest absolute Gasteiger partial charge is 0.393 e. The Hall–Kier alpha value is -0.770. The van der Waals surface area contributed by atoms with Crippen molar-refractivity contribution in [3.05, 3.63) is 0 Å². The van der Waals surface area contributed by atoms with Crippen LogP contribution >= 0.6 is 0 Å². The average molecular weight is 269 g/mol. The monoisotopic (exact) mass is 269 g/mol. The fourth-order valence-corrected chi connectivity index (χ4v) is 2.54. The fourth-order valence-electron chi connectivity index (χ4n) is 2.54. The Morgan fingerprint density at radius 2 is 2.00 bits per heavy atom. The molecule has 2 atom stereocenters. The minimum absolute atomic E-state index is 0.142. The van der Waals surface area contributed by atoms with Crippen molar-refractivity contribution in [3.63, 3.8) is 0 Å². The zero-order valence-corrected chi connectivity index (χ0v) is 12.6. The van der Waals surface area contributed by atoms with Crippen molar-refractivity contribution in [2.24, 2.45) is 10.9 Å². The van der Waals surface area contributed by atoms with Crippen LogP contribution in [0.2, 0.25) is 0 Å². The Kier molecular flexibility index (Phi) is 8.63. The van der Waals surface area contributed by atoms with Crippen LogP contribution in [0.5, 0.6) is 0 Å². The molecule has 19 heavy (non-hydrogen) atoms. The molecule has 1 aliphatic rings. The molecule has 1 aliphatic carbocycles. The number of nitrogens with zero attached hydrogens (tertiary/aromatic N) is 1. The third-order valence-electron chi connectivity index (χ3n) is 3.77. The van der Waals surface area contributed by atoms with Gasteiger partial charge in [-0.3, -0.25) is 4.99 Å². The molecule has 4 heteroatoms. The molecule has 0 heterocycles. The molecule has 1 saturated carbocycles. The summed E-state index contributed by atoms with van der Waals surface area (Å²) < 4.78 is 0. The fraction of sp³-hybridized carbons (Fsp3) is 0.933. The zero-order chi connectivity index (χ0) is 13.9. The maximum absolute atomic E-state index is 9.79. The van der Waals surface area contributed by atoms with Crippen molar-refractivity contribution in [1.82, 2.24) is 10.6 Å². The Morgan fingerprint density at radius 3 is 2.63 bits per heavy atom. The van der Waals surface area contributed by atoms with Gasteiger partial charge in [-0.25, -0.2) is 0 Å². The summed E-state index contributed by atoms with van der Waals surface area (Å²) in [5, 5.41) is 16.4. The van der Waals surface area contributed by atoms with E-state index in [9.17, 15) is 5.11 Å². The number of unbranched alkanes of at least 4 members (excludes halogenated alkanes) is 3. The van der Waals surface area contributed by atoms with Crippen LogP contribution in [0.1, 0.15) is 58.8 Å². The smallest absolute Gasteiger partial charge is 0.191 e. The van der Waals surface area contributed by atoms with Gasteiger partial charge in [0.05, 0.1) is 6.10 Å². The first kappa shape index (κ1) is 16.3. The standard InChI is InChI=1S/C15H31N3O/c1-3-5-6-7-11-17-15(16-4-2)18-12-13-9-8-10-14(13)19/h13-14,19H,3-12H2,1-2H3,(H2,16,17,18). The normalized spacial score (nSPS) is 23.6. The Labute approximate surface area is 118 Å². The van der Waals surface area contributed by atoms with Gasteiger partial charge in [-0.05, 0) is 26.2 Å². The minimum Gasteiger partial charge on any atom is -0.393 e. The van der Waals surface area contributed by atoms with Crippen LogP contribution in [0.25, 0.3) is 0 Å². The molecular weight excluding hydrogens is 238 g/mol. The van der Waals surface area contributed by atoms with Crippen molar-refractivity contribution in [3.8, 4) is 0 Å². The van der Waals surface area contributed by atoms with E-state index in [1.54, 1.807) is 0 Å². The lowest BCUT2D eigenvalue weighted by Crippen LogP contribution is -2.38. The van der Waals surface area contributed by atoms with Gasteiger partial charge in [-0.1, -0.05) is 32.6 Å². The average Bonchev–Trinajstić information content (AvgIpc) is 2.81. The van der Waals surface area contributed by atoms with Crippen LogP contribution in [0.3, 0.4) is 0 Å². The highest BCUT2D eigenvalue weighted by Gasteiger charge is 2.24. The predicted octanol–water partition coefficient (Wildman–Crippen LogP) is 2.28. The number of aliphatic hydroxyl groups is 1. The molecule has 0 amide bonds. The van der Waals surface area contributed by atoms with E-state index in [4.69, 9.17) is 0 Å². The lowest BCUT2D eigenvalue weighted by Gasteiger charge is -2.14. The van der Waals surface area contributed by atoms with Gasteiger partial charge in [0.1, 0.15) is 0 Å². The van der Waals surface area contributed by atoms with Crippen molar-refractivity contribution in [1.29, 1.82) is 0 Å². The summed E-state index contributed by atoms with van der Waals surface area (Å²) in [6.45, 7) is 6.92.